The van der Waals surface area contributed by atoms with Crippen molar-refractivity contribution >= 4 is 0 Å². The fraction of sp³-hybridized carbons (Fsp3) is 0.625. The van der Waals surface area contributed by atoms with E-state index in [1.165, 1.54) is 24.8 Å². The summed E-state index contributed by atoms with van der Waals surface area (Å²) in [7, 11) is 0. The predicted molar refractivity (Wildman–Crippen MR) is 73.6 cm³/mol. The highest BCUT2D eigenvalue weighted by atomic mass is 16.3. The van der Waals surface area contributed by atoms with Crippen LogP contribution in [0.15, 0.2) is 24.3 Å². The SMILES string of the molecule is CC1CC(C2CCCCN2)C(O)c2ccccc21. The summed E-state index contributed by atoms with van der Waals surface area (Å²) in [5.74, 6) is 0.952. The zero-order valence-corrected chi connectivity index (χ0v) is 11.1. The van der Waals surface area contributed by atoms with Crippen molar-refractivity contribution in [1.29, 1.82) is 0 Å². The van der Waals surface area contributed by atoms with Crippen LogP contribution >= 0.6 is 0 Å². The van der Waals surface area contributed by atoms with Gasteiger partial charge in [-0.1, -0.05) is 37.6 Å². The molecule has 0 bridgehead atoms. The summed E-state index contributed by atoms with van der Waals surface area (Å²) in [6.07, 6.45) is 4.63. The fourth-order valence-corrected chi connectivity index (χ4v) is 3.75. The van der Waals surface area contributed by atoms with Crippen LogP contribution in [0.25, 0.3) is 0 Å². The van der Waals surface area contributed by atoms with Gasteiger partial charge in [-0.25, -0.2) is 0 Å². The van der Waals surface area contributed by atoms with Gasteiger partial charge in [0.15, 0.2) is 0 Å². The first-order chi connectivity index (χ1) is 8.77. The van der Waals surface area contributed by atoms with Gasteiger partial charge in [-0.3, -0.25) is 0 Å². The van der Waals surface area contributed by atoms with Crippen LogP contribution in [0.2, 0.25) is 0 Å². The number of nitrogens with one attached hydrogen (secondary N) is 1. The minimum Gasteiger partial charge on any atom is -0.388 e. The molecular weight excluding hydrogens is 222 g/mol. The van der Waals surface area contributed by atoms with Gasteiger partial charge >= 0.3 is 0 Å². The lowest BCUT2D eigenvalue weighted by atomic mass is 9.71. The standard InChI is InChI=1S/C16H23NO/c1-11-10-14(15-8-4-5-9-17-15)16(18)13-7-3-2-6-12(11)13/h2-3,6-7,11,14-18H,4-5,8-10H2,1H3. The molecule has 0 aromatic heterocycles. The molecule has 1 saturated heterocycles. The molecule has 0 saturated carbocycles. The smallest absolute Gasteiger partial charge is 0.0836 e. The topological polar surface area (TPSA) is 32.3 Å². The van der Waals surface area contributed by atoms with E-state index < -0.39 is 0 Å². The van der Waals surface area contributed by atoms with Crippen LogP contribution in [0.4, 0.5) is 0 Å². The molecule has 0 radical (unpaired) electrons. The number of aliphatic hydroxyl groups is 1. The Morgan fingerprint density at radius 2 is 1.94 bits per heavy atom. The lowest BCUT2D eigenvalue weighted by Crippen LogP contribution is -2.44. The Hall–Kier alpha value is -0.860. The van der Waals surface area contributed by atoms with E-state index in [1.54, 1.807) is 0 Å². The number of piperidine rings is 1. The van der Waals surface area contributed by atoms with Crippen molar-refractivity contribution in [1.82, 2.24) is 5.32 Å². The van der Waals surface area contributed by atoms with Crippen LogP contribution in [-0.4, -0.2) is 17.7 Å². The second-order valence-corrected chi connectivity index (χ2v) is 5.93. The molecule has 98 valence electrons. The van der Waals surface area contributed by atoms with E-state index in [0.29, 0.717) is 17.9 Å². The summed E-state index contributed by atoms with van der Waals surface area (Å²) in [6, 6.07) is 8.91. The van der Waals surface area contributed by atoms with Gasteiger partial charge < -0.3 is 10.4 Å². The second-order valence-electron chi connectivity index (χ2n) is 5.93. The maximum atomic E-state index is 10.7. The lowest BCUT2D eigenvalue weighted by molar-refractivity contribution is 0.0567. The summed E-state index contributed by atoms with van der Waals surface area (Å²) in [5, 5.41) is 14.3. The molecule has 1 heterocycles. The van der Waals surface area contributed by atoms with Crippen molar-refractivity contribution in [3.8, 4) is 0 Å². The monoisotopic (exact) mass is 245 g/mol. The quantitative estimate of drug-likeness (QED) is 0.797. The first kappa shape index (κ1) is 12.2. The third-order valence-corrected chi connectivity index (χ3v) is 4.74. The number of aliphatic hydroxyl groups excluding tert-OH is 1. The Morgan fingerprint density at radius 1 is 1.17 bits per heavy atom. The summed E-state index contributed by atoms with van der Waals surface area (Å²) < 4.78 is 0. The van der Waals surface area contributed by atoms with Crippen LogP contribution in [0, 0.1) is 5.92 Å². The van der Waals surface area contributed by atoms with E-state index in [9.17, 15) is 5.11 Å². The van der Waals surface area contributed by atoms with E-state index in [4.69, 9.17) is 0 Å². The van der Waals surface area contributed by atoms with Crippen molar-refractivity contribution in [2.75, 3.05) is 6.54 Å². The average Bonchev–Trinajstić information content (AvgIpc) is 2.44. The molecule has 2 nitrogen and oxygen atoms in total. The van der Waals surface area contributed by atoms with E-state index in [2.05, 4.69) is 30.4 Å². The summed E-state index contributed by atoms with van der Waals surface area (Å²) in [6.45, 7) is 3.41. The normalized spacial score (nSPS) is 36.1. The number of hydrogen-bond acceptors (Lipinski definition) is 2. The predicted octanol–water partition coefficient (Wildman–Crippen LogP) is 2.99. The Kier molecular flexibility index (Phi) is 3.40. The van der Waals surface area contributed by atoms with Crippen molar-refractivity contribution in [2.45, 2.75) is 50.7 Å². The number of rotatable bonds is 1. The highest BCUT2D eigenvalue weighted by Gasteiger charge is 2.36. The number of hydrogen-bond donors (Lipinski definition) is 2. The molecule has 4 unspecified atom stereocenters. The molecule has 2 heteroatoms. The molecule has 3 rings (SSSR count). The molecule has 4 atom stereocenters. The van der Waals surface area contributed by atoms with Crippen LogP contribution in [0.3, 0.4) is 0 Å². The van der Waals surface area contributed by atoms with Gasteiger partial charge in [0.25, 0.3) is 0 Å². The van der Waals surface area contributed by atoms with Crippen LogP contribution < -0.4 is 5.32 Å². The van der Waals surface area contributed by atoms with Gasteiger partial charge in [0.05, 0.1) is 6.10 Å². The molecular formula is C16H23NO. The minimum atomic E-state index is -0.284. The molecule has 0 spiro atoms. The maximum absolute atomic E-state index is 10.7. The van der Waals surface area contributed by atoms with Gasteiger partial charge in [0, 0.05) is 12.0 Å². The zero-order valence-electron chi connectivity index (χ0n) is 11.1. The van der Waals surface area contributed by atoms with E-state index in [-0.39, 0.29) is 6.10 Å². The first-order valence-electron chi connectivity index (χ1n) is 7.27. The summed E-state index contributed by atoms with van der Waals surface area (Å²) >= 11 is 0. The number of benzene rings is 1. The van der Waals surface area contributed by atoms with Gasteiger partial charge in [-0.05, 0) is 42.9 Å². The third-order valence-electron chi connectivity index (χ3n) is 4.74. The van der Waals surface area contributed by atoms with Gasteiger partial charge in [-0.15, -0.1) is 0 Å². The molecule has 18 heavy (non-hydrogen) atoms. The van der Waals surface area contributed by atoms with Crippen LogP contribution in [0.1, 0.15) is 55.8 Å². The van der Waals surface area contributed by atoms with Crippen molar-refractivity contribution in [2.24, 2.45) is 5.92 Å². The van der Waals surface area contributed by atoms with Crippen LogP contribution in [0.5, 0.6) is 0 Å². The van der Waals surface area contributed by atoms with Crippen molar-refractivity contribution < 1.29 is 5.11 Å². The zero-order chi connectivity index (χ0) is 12.5. The molecule has 0 amide bonds. The largest absolute Gasteiger partial charge is 0.388 e. The van der Waals surface area contributed by atoms with E-state index >= 15 is 0 Å². The Balaban J connectivity index is 1.86. The van der Waals surface area contributed by atoms with E-state index in [1.807, 2.05) is 6.07 Å². The number of fused-ring (bicyclic) bond motifs is 1. The van der Waals surface area contributed by atoms with E-state index in [0.717, 1.165) is 18.5 Å². The molecule has 1 fully saturated rings. The maximum Gasteiger partial charge on any atom is 0.0836 e. The molecule has 2 aliphatic rings. The minimum absolute atomic E-state index is 0.284. The molecule has 1 aromatic carbocycles. The van der Waals surface area contributed by atoms with Gasteiger partial charge in [0.1, 0.15) is 0 Å². The Morgan fingerprint density at radius 3 is 2.67 bits per heavy atom. The second kappa shape index (κ2) is 5.02. The molecule has 1 aliphatic carbocycles. The summed E-state index contributed by atoms with van der Waals surface area (Å²) in [4.78, 5) is 0. The third kappa shape index (κ3) is 2.08. The molecule has 2 N–H and O–H groups in total. The average molecular weight is 245 g/mol. The van der Waals surface area contributed by atoms with Crippen molar-refractivity contribution in [3.63, 3.8) is 0 Å². The highest BCUT2D eigenvalue weighted by molar-refractivity contribution is 5.35. The van der Waals surface area contributed by atoms with Crippen LogP contribution in [-0.2, 0) is 0 Å². The van der Waals surface area contributed by atoms with Crippen molar-refractivity contribution in [3.05, 3.63) is 35.4 Å². The lowest BCUT2D eigenvalue weighted by Gasteiger charge is -2.40. The molecule has 1 aromatic rings. The Bertz CT molecular complexity index is 411. The Labute approximate surface area is 109 Å². The first-order valence-corrected chi connectivity index (χ1v) is 7.27. The molecule has 1 aliphatic heterocycles. The summed E-state index contributed by atoms with van der Waals surface area (Å²) in [5.41, 5.74) is 2.51. The van der Waals surface area contributed by atoms with Gasteiger partial charge in [-0.2, -0.15) is 0 Å². The highest BCUT2D eigenvalue weighted by Crippen LogP contribution is 2.43. The van der Waals surface area contributed by atoms with Gasteiger partial charge in [0.2, 0.25) is 0 Å². The fourth-order valence-electron chi connectivity index (χ4n) is 3.75.